The standard InChI is InChI=1S/C18H23N3O3/c1-4-24-17(22)16-13(3)7-10-15-19-20(18(23)21(15)16)11-14-8-5-12(2)6-9-14/h5-6,8-9,13,16H,4,7,10-11H2,1-3H3. The average molecular weight is 329 g/mol. The Hall–Kier alpha value is -2.37. The highest BCUT2D eigenvalue weighted by molar-refractivity contribution is 5.74. The van der Waals surface area contributed by atoms with E-state index < -0.39 is 6.04 Å². The van der Waals surface area contributed by atoms with Gasteiger partial charge in [-0.25, -0.2) is 14.3 Å². The summed E-state index contributed by atoms with van der Waals surface area (Å²) in [6, 6.07) is 7.43. The molecule has 0 aliphatic carbocycles. The van der Waals surface area contributed by atoms with Crippen LogP contribution in [0.25, 0.3) is 0 Å². The number of carbonyl (C=O) groups excluding carboxylic acids is 1. The first kappa shape index (κ1) is 16.5. The van der Waals surface area contributed by atoms with Gasteiger partial charge >= 0.3 is 11.7 Å². The highest BCUT2D eigenvalue weighted by atomic mass is 16.5. The second-order valence-electron chi connectivity index (χ2n) is 6.42. The van der Waals surface area contributed by atoms with Crippen LogP contribution in [0, 0.1) is 12.8 Å². The van der Waals surface area contributed by atoms with E-state index in [2.05, 4.69) is 5.10 Å². The van der Waals surface area contributed by atoms with Gasteiger partial charge in [-0.2, -0.15) is 5.10 Å². The van der Waals surface area contributed by atoms with Crippen molar-refractivity contribution in [3.05, 3.63) is 51.7 Å². The van der Waals surface area contributed by atoms with E-state index in [9.17, 15) is 9.59 Å². The van der Waals surface area contributed by atoms with Crippen LogP contribution in [0.5, 0.6) is 0 Å². The van der Waals surface area contributed by atoms with E-state index in [1.165, 1.54) is 14.8 Å². The molecule has 0 bridgehead atoms. The van der Waals surface area contributed by atoms with Crippen molar-refractivity contribution >= 4 is 5.97 Å². The van der Waals surface area contributed by atoms with Crippen LogP contribution in [0.4, 0.5) is 0 Å². The monoisotopic (exact) mass is 329 g/mol. The number of fused-ring (bicyclic) bond motifs is 1. The van der Waals surface area contributed by atoms with E-state index >= 15 is 0 Å². The lowest BCUT2D eigenvalue weighted by molar-refractivity contribution is -0.149. The molecule has 0 radical (unpaired) electrons. The Bertz CT molecular complexity index is 789. The third kappa shape index (κ3) is 3.00. The minimum Gasteiger partial charge on any atom is -0.464 e. The van der Waals surface area contributed by atoms with Gasteiger partial charge in [0.25, 0.3) is 0 Å². The molecule has 1 aromatic heterocycles. The Morgan fingerprint density at radius 1 is 1.33 bits per heavy atom. The second kappa shape index (κ2) is 6.63. The van der Waals surface area contributed by atoms with Crippen LogP contribution in [0.15, 0.2) is 29.1 Å². The van der Waals surface area contributed by atoms with Crippen molar-refractivity contribution in [3.63, 3.8) is 0 Å². The van der Waals surface area contributed by atoms with Crippen LogP contribution in [0.1, 0.15) is 43.3 Å². The first-order chi connectivity index (χ1) is 11.5. The molecule has 0 spiro atoms. The SMILES string of the molecule is CCOC(=O)C1C(C)CCc2nn(Cc3ccc(C)cc3)c(=O)n21. The van der Waals surface area contributed by atoms with Crippen molar-refractivity contribution < 1.29 is 9.53 Å². The average Bonchev–Trinajstić information content (AvgIpc) is 2.86. The summed E-state index contributed by atoms with van der Waals surface area (Å²) < 4.78 is 8.15. The quantitative estimate of drug-likeness (QED) is 0.806. The van der Waals surface area contributed by atoms with E-state index in [-0.39, 0.29) is 17.6 Å². The summed E-state index contributed by atoms with van der Waals surface area (Å²) in [5, 5.41) is 4.45. The Labute approximate surface area is 141 Å². The molecule has 24 heavy (non-hydrogen) atoms. The number of carbonyl (C=O) groups is 1. The number of rotatable bonds is 4. The number of hydrogen-bond donors (Lipinski definition) is 0. The zero-order chi connectivity index (χ0) is 17.3. The zero-order valence-corrected chi connectivity index (χ0v) is 14.4. The smallest absolute Gasteiger partial charge is 0.347 e. The molecule has 2 unspecified atom stereocenters. The van der Waals surface area contributed by atoms with Gasteiger partial charge in [-0.1, -0.05) is 36.8 Å². The van der Waals surface area contributed by atoms with Gasteiger partial charge < -0.3 is 4.74 Å². The highest BCUT2D eigenvalue weighted by Crippen LogP contribution is 2.29. The number of aromatic nitrogens is 3. The first-order valence-electron chi connectivity index (χ1n) is 8.41. The molecule has 6 nitrogen and oxygen atoms in total. The summed E-state index contributed by atoms with van der Waals surface area (Å²) in [7, 11) is 0. The molecule has 6 heteroatoms. The van der Waals surface area contributed by atoms with Gasteiger partial charge in [-0.05, 0) is 31.7 Å². The molecule has 2 atom stereocenters. The lowest BCUT2D eigenvalue weighted by atomic mass is 9.92. The molecule has 2 heterocycles. The molecule has 0 amide bonds. The Morgan fingerprint density at radius 2 is 2.04 bits per heavy atom. The Morgan fingerprint density at radius 3 is 2.71 bits per heavy atom. The first-order valence-corrected chi connectivity index (χ1v) is 8.41. The summed E-state index contributed by atoms with van der Waals surface area (Å²) in [6.07, 6.45) is 1.53. The van der Waals surface area contributed by atoms with E-state index in [0.717, 1.165) is 12.0 Å². The summed E-state index contributed by atoms with van der Waals surface area (Å²) in [5.74, 6) is 0.387. The minimum absolute atomic E-state index is 0.0614. The predicted molar refractivity (Wildman–Crippen MR) is 89.9 cm³/mol. The number of nitrogens with zero attached hydrogens (tertiary/aromatic N) is 3. The fraction of sp³-hybridized carbons (Fsp3) is 0.500. The largest absolute Gasteiger partial charge is 0.464 e. The van der Waals surface area contributed by atoms with Gasteiger partial charge in [-0.15, -0.1) is 0 Å². The van der Waals surface area contributed by atoms with Crippen LogP contribution in [0.2, 0.25) is 0 Å². The molecule has 128 valence electrons. The molecule has 1 aliphatic rings. The van der Waals surface area contributed by atoms with Crippen LogP contribution in [-0.4, -0.2) is 26.9 Å². The third-order valence-corrected chi connectivity index (χ3v) is 4.56. The third-order valence-electron chi connectivity index (χ3n) is 4.56. The van der Waals surface area contributed by atoms with Crippen molar-refractivity contribution in [1.29, 1.82) is 0 Å². The molecule has 3 rings (SSSR count). The van der Waals surface area contributed by atoms with Gasteiger partial charge in [0.05, 0.1) is 13.2 Å². The molecule has 0 N–H and O–H groups in total. The lowest BCUT2D eigenvalue weighted by Crippen LogP contribution is -2.39. The van der Waals surface area contributed by atoms with Gasteiger partial charge in [0.15, 0.2) is 0 Å². The predicted octanol–water partition coefficient (Wildman–Crippen LogP) is 2.09. The van der Waals surface area contributed by atoms with Crippen LogP contribution in [-0.2, 0) is 22.5 Å². The van der Waals surface area contributed by atoms with Crippen LogP contribution >= 0.6 is 0 Å². The highest BCUT2D eigenvalue weighted by Gasteiger charge is 2.36. The van der Waals surface area contributed by atoms with Gasteiger partial charge in [-0.3, -0.25) is 4.57 Å². The van der Waals surface area contributed by atoms with E-state index in [4.69, 9.17) is 4.74 Å². The summed E-state index contributed by atoms with van der Waals surface area (Å²) >= 11 is 0. The fourth-order valence-corrected chi connectivity index (χ4v) is 3.22. The summed E-state index contributed by atoms with van der Waals surface area (Å²) in [6.45, 7) is 6.49. The van der Waals surface area contributed by atoms with Crippen molar-refractivity contribution in [2.24, 2.45) is 5.92 Å². The summed E-state index contributed by atoms with van der Waals surface area (Å²) in [5.41, 5.74) is 1.94. The van der Waals surface area contributed by atoms with Crippen LogP contribution in [0.3, 0.4) is 0 Å². The minimum atomic E-state index is -0.576. The topological polar surface area (TPSA) is 66.1 Å². The van der Waals surface area contributed by atoms with Gasteiger partial charge in [0.1, 0.15) is 11.9 Å². The number of ether oxygens (including phenoxy) is 1. The molecule has 0 saturated heterocycles. The molecule has 0 fully saturated rings. The van der Waals surface area contributed by atoms with Crippen molar-refractivity contribution in [1.82, 2.24) is 14.3 Å². The number of esters is 1. The number of aryl methyl sites for hydroxylation is 2. The second-order valence-corrected chi connectivity index (χ2v) is 6.42. The van der Waals surface area contributed by atoms with Crippen molar-refractivity contribution in [2.45, 2.75) is 46.2 Å². The van der Waals surface area contributed by atoms with Gasteiger partial charge in [0.2, 0.25) is 0 Å². The van der Waals surface area contributed by atoms with Crippen molar-refractivity contribution in [3.8, 4) is 0 Å². The number of hydrogen-bond acceptors (Lipinski definition) is 4. The van der Waals surface area contributed by atoms with E-state index in [1.54, 1.807) is 6.92 Å². The molecular formula is C18H23N3O3. The van der Waals surface area contributed by atoms with E-state index in [0.29, 0.717) is 25.4 Å². The lowest BCUT2D eigenvalue weighted by Gasteiger charge is -2.27. The van der Waals surface area contributed by atoms with Gasteiger partial charge in [0, 0.05) is 6.42 Å². The fourth-order valence-electron chi connectivity index (χ4n) is 3.22. The molecule has 1 aliphatic heterocycles. The summed E-state index contributed by atoms with van der Waals surface area (Å²) in [4.78, 5) is 25.1. The van der Waals surface area contributed by atoms with Crippen LogP contribution < -0.4 is 5.69 Å². The Kier molecular flexibility index (Phi) is 4.55. The van der Waals surface area contributed by atoms with E-state index in [1.807, 2.05) is 38.1 Å². The maximum absolute atomic E-state index is 12.8. The van der Waals surface area contributed by atoms with Crippen molar-refractivity contribution in [2.75, 3.05) is 6.61 Å². The molecular weight excluding hydrogens is 306 g/mol. The normalized spacial score (nSPS) is 19.8. The Balaban J connectivity index is 1.95. The molecule has 0 saturated carbocycles. The number of benzene rings is 1. The molecule has 2 aromatic rings. The zero-order valence-electron chi connectivity index (χ0n) is 14.4. The maximum Gasteiger partial charge on any atom is 0.347 e. The molecule has 1 aromatic carbocycles. The maximum atomic E-state index is 12.8.